The van der Waals surface area contributed by atoms with Crippen LogP contribution in [0, 0.1) is 0 Å². The summed E-state index contributed by atoms with van der Waals surface area (Å²) in [5, 5.41) is 0.951. The summed E-state index contributed by atoms with van der Waals surface area (Å²) in [5.74, 6) is 1.47. The summed E-state index contributed by atoms with van der Waals surface area (Å²) in [5.41, 5.74) is 0.752. The maximum absolute atomic E-state index is 13.1. The zero-order chi connectivity index (χ0) is 22.5. The third-order valence-corrected chi connectivity index (χ3v) is 5.05. The maximum atomic E-state index is 13.1. The van der Waals surface area contributed by atoms with Crippen LogP contribution < -0.4 is 10.3 Å². The lowest BCUT2D eigenvalue weighted by atomic mass is 10.2. The van der Waals surface area contributed by atoms with Crippen molar-refractivity contribution >= 4 is 28.4 Å². The van der Waals surface area contributed by atoms with Crippen LogP contribution in [-0.4, -0.2) is 32.3 Å². The molecule has 8 heteroatoms. The highest BCUT2D eigenvalue weighted by Crippen LogP contribution is 2.21. The molecular weight excluding hydrogens is 428 g/mol. The van der Waals surface area contributed by atoms with E-state index >= 15 is 0 Å². The van der Waals surface area contributed by atoms with Gasteiger partial charge in [0.2, 0.25) is 0 Å². The minimum atomic E-state index is -0.262. The Morgan fingerprint density at radius 2 is 1.94 bits per heavy atom. The molecule has 0 fully saturated rings. The first-order valence-electron chi connectivity index (χ1n) is 10.2. The molecule has 0 aliphatic carbocycles. The van der Waals surface area contributed by atoms with E-state index in [2.05, 4.69) is 15.0 Å². The molecular formula is C24H21ClN4O3. The Bertz CT molecular complexity index is 1290. The number of carbonyl (C=O) groups excluding carboxylic acids is 1. The van der Waals surface area contributed by atoms with Crippen LogP contribution in [-0.2, 0) is 6.54 Å². The Morgan fingerprint density at radius 1 is 1.12 bits per heavy atom. The quantitative estimate of drug-likeness (QED) is 0.438. The van der Waals surface area contributed by atoms with Gasteiger partial charge in [0.05, 0.1) is 23.6 Å². The van der Waals surface area contributed by atoms with E-state index < -0.39 is 0 Å². The number of nitrogens with zero attached hydrogens (tertiary/aromatic N) is 3. The number of pyridine rings is 1. The van der Waals surface area contributed by atoms with Gasteiger partial charge >= 0.3 is 0 Å². The lowest BCUT2D eigenvalue weighted by Gasteiger charge is -2.22. The molecule has 0 aliphatic heterocycles. The highest BCUT2D eigenvalue weighted by molar-refractivity contribution is 6.31. The van der Waals surface area contributed by atoms with Gasteiger partial charge in [0, 0.05) is 23.3 Å². The number of hydrogen-bond donors (Lipinski definition) is 1. The van der Waals surface area contributed by atoms with Gasteiger partial charge in [0.1, 0.15) is 17.3 Å². The smallest absolute Gasteiger partial charge is 0.258 e. The molecule has 0 saturated carbocycles. The van der Waals surface area contributed by atoms with Gasteiger partial charge in [0.25, 0.3) is 11.5 Å². The second-order valence-corrected chi connectivity index (χ2v) is 7.65. The number of aromatic nitrogens is 3. The van der Waals surface area contributed by atoms with Crippen LogP contribution >= 0.6 is 11.6 Å². The Kier molecular flexibility index (Phi) is 6.47. The fourth-order valence-corrected chi connectivity index (χ4v) is 3.50. The van der Waals surface area contributed by atoms with Crippen LogP contribution in [0.3, 0.4) is 0 Å². The Balaban J connectivity index is 1.54. The topological polar surface area (TPSA) is 88.2 Å². The van der Waals surface area contributed by atoms with Crippen molar-refractivity contribution in [2.75, 3.05) is 6.54 Å². The first-order chi connectivity index (χ1) is 15.5. The van der Waals surface area contributed by atoms with E-state index in [1.54, 1.807) is 71.9 Å². The lowest BCUT2D eigenvalue weighted by Crippen LogP contribution is -2.32. The number of nitrogens with one attached hydrogen (secondary N) is 1. The first-order valence-corrected chi connectivity index (χ1v) is 10.6. The van der Waals surface area contributed by atoms with Gasteiger partial charge in [-0.15, -0.1) is 0 Å². The highest BCUT2D eigenvalue weighted by Gasteiger charge is 2.17. The Labute approximate surface area is 189 Å². The van der Waals surface area contributed by atoms with E-state index in [1.165, 1.54) is 0 Å². The van der Waals surface area contributed by atoms with Crippen LogP contribution in [0.2, 0.25) is 5.02 Å². The van der Waals surface area contributed by atoms with Crippen LogP contribution in [0.5, 0.6) is 11.5 Å². The molecule has 1 N–H and O–H groups in total. The molecule has 162 valence electrons. The fourth-order valence-electron chi connectivity index (χ4n) is 3.33. The van der Waals surface area contributed by atoms with E-state index in [1.807, 2.05) is 6.92 Å². The Hall–Kier alpha value is -3.71. The number of amides is 1. The zero-order valence-electron chi connectivity index (χ0n) is 17.4. The van der Waals surface area contributed by atoms with E-state index in [0.29, 0.717) is 45.4 Å². The molecule has 1 amide bonds. The van der Waals surface area contributed by atoms with Gasteiger partial charge in [-0.2, -0.15) is 0 Å². The van der Waals surface area contributed by atoms with Gasteiger partial charge in [0.15, 0.2) is 0 Å². The van der Waals surface area contributed by atoms with Crippen molar-refractivity contribution in [3.05, 3.63) is 93.8 Å². The summed E-state index contributed by atoms with van der Waals surface area (Å²) in [6.07, 6.45) is 4.05. The summed E-state index contributed by atoms with van der Waals surface area (Å²) >= 11 is 6.04. The van der Waals surface area contributed by atoms with Crippen molar-refractivity contribution in [3.63, 3.8) is 0 Å². The number of halogens is 1. The number of rotatable bonds is 7. The number of aromatic amines is 1. The third-order valence-electron chi connectivity index (χ3n) is 4.81. The number of H-pyrrole nitrogens is 1. The molecule has 4 aromatic rings. The minimum absolute atomic E-state index is 0.159. The average Bonchev–Trinajstić information content (AvgIpc) is 2.79. The SMILES string of the molecule is CCCN(Cc1nc2cc(Cl)ccc2c(=O)[nH]1)C(=O)c1ccc(Oc2cccnc2)cc1. The number of ether oxygens (including phenoxy) is 1. The van der Waals surface area contributed by atoms with Crippen LogP contribution in [0.25, 0.3) is 10.9 Å². The Morgan fingerprint density at radius 3 is 2.66 bits per heavy atom. The van der Waals surface area contributed by atoms with Gasteiger partial charge in [-0.05, 0) is 61.0 Å². The molecule has 0 radical (unpaired) electrons. The molecule has 0 aliphatic rings. The summed E-state index contributed by atoms with van der Waals surface area (Å²) in [7, 11) is 0. The van der Waals surface area contributed by atoms with Crippen molar-refractivity contribution in [2.45, 2.75) is 19.9 Å². The molecule has 0 saturated heterocycles. The van der Waals surface area contributed by atoms with Crippen molar-refractivity contribution in [1.82, 2.24) is 19.9 Å². The lowest BCUT2D eigenvalue weighted by molar-refractivity contribution is 0.0739. The minimum Gasteiger partial charge on any atom is -0.456 e. The molecule has 2 aromatic carbocycles. The normalized spacial score (nSPS) is 10.8. The molecule has 0 unspecified atom stereocenters. The van der Waals surface area contributed by atoms with Crippen molar-refractivity contribution < 1.29 is 9.53 Å². The number of hydrogen-bond acceptors (Lipinski definition) is 5. The summed E-state index contributed by atoms with van der Waals surface area (Å²) < 4.78 is 5.73. The maximum Gasteiger partial charge on any atom is 0.258 e. The van der Waals surface area contributed by atoms with Crippen LogP contribution in [0.1, 0.15) is 29.5 Å². The standard InChI is InChI=1S/C24H21ClN4O3/c1-2-12-29(15-22-27-21-13-17(25)7-10-20(21)23(30)28-22)24(31)16-5-8-18(9-6-16)32-19-4-3-11-26-14-19/h3-11,13-14H,2,12,15H2,1H3,(H,27,28,30). The molecule has 4 rings (SSSR count). The predicted molar refractivity (Wildman–Crippen MR) is 123 cm³/mol. The average molecular weight is 449 g/mol. The zero-order valence-corrected chi connectivity index (χ0v) is 18.2. The summed E-state index contributed by atoms with van der Waals surface area (Å²) in [6, 6.07) is 15.4. The predicted octanol–water partition coefficient (Wildman–Crippen LogP) is 4.82. The van der Waals surface area contributed by atoms with Gasteiger partial charge in [-0.3, -0.25) is 14.6 Å². The second kappa shape index (κ2) is 9.62. The molecule has 7 nitrogen and oxygen atoms in total. The molecule has 0 spiro atoms. The summed E-state index contributed by atoms with van der Waals surface area (Å²) in [4.78, 5) is 38.5. The van der Waals surface area contributed by atoms with Crippen molar-refractivity contribution in [1.29, 1.82) is 0 Å². The third kappa shape index (κ3) is 4.95. The molecule has 0 bridgehead atoms. The van der Waals surface area contributed by atoms with Gasteiger partial charge in [-0.1, -0.05) is 18.5 Å². The van der Waals surface area contributed by atoms with E-state index in [9.17, 15) is 9.59 Å². The van der Waals surface area contributed by atoms with E-state index in [4.69, 9.17) is 16.3 Å². The number of fused-ring (bicyclic) bond motifs is 1. The molecule has 0 atom stereocenters. The van der Waals surface area contributed by atoms with Crippen LogP contribution in [0.4, 0.5) is 0 Å². The van der Waals surface area contributed by atoms with Gasteiger partial charge < -0.3 is 14.6 Å². The first kappa shape index (κ1) is 21.5. The van der Waals surface area contributed by atoms with Crippen molar-refractivity contribution in [3.8, 4) is 11.5 Å². The van der Waals surface area contributed by atoms with Crippen molar-refractivity contribution in [2.24, 2.45) is 0 Å². The second-order valence-electron chi connectivity index (χ2n) is 7.22. The monoisotopic (exact) mass is 448 g/mol. The van der Waals surface area contributed by atoms with E-state index in [0.717, 1.165) is 6.42 Å². The van der Waals surface area contributed by atoms with E-state index in [-0.39, 0.29) is 18.0 Å². The van der Waals surface area contributed by atoms with Gasteiger partial charge in [-0.25, -0.2) is 4.98 Å². The van der Waals surface area contributed by atoms with Crippen LogP contribution in [0.15, 0.2) is 71.8 Å². The molecule has 2 aromatic heterocycles. The molecule has 2 heterocycles. The fraction of sp³-hybridized carbons (Fsp3) is 0.167. The number of carbonyl (C=O) groups is 1. The molecule has 32 heavy (non-hydrogen) atoms. The number of benzene rings is 2. The summed E-state index contributed by atoms with van der Waals surface area (Å²) in [6.45, 7) is 2.68. The largest absolute Gasteiger partial charge is 0.456 e. The highest BCUT2D eigenvalue weighted by atomic mass is 35.5.